The number of rotatable bonds is 11. The van der Waals surface area contributed by atoms with E-state index in [2.05, 4.69) is 23.7 Å². The van der Waals surface area contributed by atoms with Crippen LogP contribution in [-0.4, -0.2) is 49.7 Å². The molecule has 0 saturated carbocycles. The molecular weight excluding hydrogens is 358 g/mol. The molecule has 0 amide bonds. The molecule has 1 atom stereocenters. The third-order valence-electron chi connectivity index (χ3n) is 4.04. The molecule has 1 aromatic carbocycles. The second kappa shape index (κ2) is 13.6. The van der Waals surface area contributed by atoms with Crippen LogP contribution >= 0.6 is 0 Å². The molecule has 0 aliphatic rings. The Labute approximate surface area is 168 Å². The van der Waals surface area contributed by atoms with Gasteiger partial charge >= 0.3 is 11.9 Å². The summed E-state index contributed by atoms with van der Waals surface area (Å²) < 4.78 is 15.1. The normalized spacial score (nSPS) is 11.3. The highest BCUT2D eigenvalue weighted by Gasteiger charge is 2.18. The zero-order valence-electron chi connectivity index (χ0n) is 17.3. The van der Waals surface area contributed by atoms with Crippen LogP contribution in [0.4, 0.5) is 0 Å². The molecule has 0 fully saturated rings. The Balaban J connectivity index is 2.96. The largest absolute Gasteiger partial charge is 0.497 e. The molecule has 0 N–H and O–H groups in total. The highest BCUT2D eigenvalue weighted by Crippen LogP contribution is 2.16. The number of ether oxygens (including phenoxy) is 3. The van der Waals surface area contributed by atoms with Crippen molar-refractivity contribution in [3.05, 3.63) is 29.8 Å². The van der Waals surface area contributed by atoms with Crippen LogP contribution in [-0.2, 0) is 25.6 Å². The van der Waals surface area contributed by atoms with E-state index in [0.717, 1.165) is 24.3 Å². The summed E-state index contributed by atoms with van der Waals surface area (Å²) in [6.07, 6.45) is 1.66. The number of hydrogen-bond donors (Lipinski definition) is 0. The molecule has 0 aliphatic carbocycles. The van der Waals surface area contributed by atoms with E-state index in [0.29, 0.717) is 19.6 Å². The van der Waals surface area contributed by atoms with Gasteiger partial charge in [-0.05, 0) is 50.9 Å². The van der Waals surface area contributed by atoms with E-state index < -0.39 is 5.97 Å². The van der Waals surface area contributed by atoms with Crippen LogP contribution in [0, 0.1) is 11.8 Å². The van der Waals surface area contributed by atoms with Crippen LogP contribution in [0.1, 0.15) is 45.6 Å². The van der Waals surface area contributed by atoms with Gasteiger partial charge in [-0.25, -0.2) is 4.79 Å². The van der Waals surface area contributed by atoms with E-state index >= 15 is 0 Å². The van der Waals surface area contributed by atoms with Crippen LogP contribution in [0.3, 0.4) is 0 Å². The van der Waals surface area contributed by atoms with Gasteiger partial charge in [0.25, 0.3) is 0 Å². The first-order valence-electron chi connectivity index (χ1n) is 9.74. The first-order valence-corrected chi connectivity index (χ1v) is 9.74. The smallest absolute Gasteiger partial charge is 0.384 e. The number of benzene rings is 1. The number of esters is 2. The first-order chi connectivity index (χ1) is 13.5. The molecule has 1 rings (SSSR count). The van der Waals surface area contributed by atoms with Gasteiger partial charge in [0.2, 0.25) is 0 Å². The van der Waals surface area contributed by atoms with Crippen molar-refractivity contribution in [2.24, 2.45) is 0 Å². The lowest BCUT2D eigenvalue weighted by atomic mass is 10.1. The molecule has 6 heteroatoms. The maximum absolute atomic E-state index is 11.8. The van der Waals surface area contributed by atoms with Crippen LogP contribution < -0.4 is 4.74 Å². The van der Waals surface area contributed by atoms with Crippen LogP contribution in [0.15, 0.2) is 24.3 Å². The van der Waals surface area contributed by atoms with Crippen molar-refractivity contribution in [2.45, 2.75) is 52.6 Å². The Morgan fingerprint density at radius 1 is 1.07 bits per heavy atom. The third-order valence-corrected chi connectivity index (χ3v) is 4.04. The predicted molar refractivity (Wildman–Crippen MR) is 108 cm³/mol. The highest BCUT2D eigenvalue weighted by atomic mass is 16.5. The summed E-state index contributed by atoms with van der Waals surface area (Å²) >= 11 is 0. The highest BCUT2D eigenvalue weighted by molar-refractivity contribution is 5.88. The maximum Gasteiger partial charge on any atom is 0.384 e. The van der Waals surface area contributed by atoms with Crippen molar-refractivity contribution in [2.75, 3.05) is 26.9 Å². The Kier molecular flexibility index (Phi) is 11.4. The van der Waals surface area contributed by atoms with Crippen molar-refractivity contribution < 1.29 is 23.8 Å². The molecule has 6 nitrogen and oxygen atoms in total. The number of hydrogen-bond acceptors (Lipinski definition) is 6. The topological polar surface area (TPSA) is 65.1 Å². The molecule has 0 bridgehead atoms. The summed E-state index contributed by atoms with van der Waals surface area (Å²) in [4.78, 5) is 25.7. The van der Waals surface area contributed by atoms with Gasteiger partial charge in [-0.2, -0.15) is 0 Å². The second-order valence-corrected chi connectivity index (χ2v) is 6.17. The third kappa shape index (κ3) is 8.92. The van der Waals surface area contributed by atoms with Crippen molar-refractivity contribution in [3.8, 4) is 17.6 Å². The summed E-state index contributed by atoms with van der Waals surface area (Å²) in [5, 5.41) is 0. The molecule has 154 valence electrons. The quantitative estimate of drug-likeness (QED) is 0.329. The van der Waals surface area contributed by atoms with Gasteiger partial charge in [0.05, 0.1) is 26.4 Å². The average Bonchev–Trinajstić information content (AvgIpc) is 2.69. The lowest BCUT2D eigenvalue weighted by molar-refractivity contribution is -0.143. The number of methoxy groups -OCH3 is 1. The monoisotopic (exact) mass is 389 g/mol. The fourth-order valence-corrected chi connectivity index (χ4v) is 2.74. The van der Waals surface area contributed by atoms with Gasteiger partial charge in [0.15, 0.2) is 0 Å². The van der Waals surface area contributed by atoms with Crippen LogP contribution in [0.2, 0.25) is 0 Å². The van der Waals surface area contributed by atoms with Gasteiger partial charge < -0.3 is 14.2 Å². The molecule has 1 aromatic rings. The molecular formula is C22H31NO5. The van der Waals surface area contributed by atoms with Gasteiger partial charge in [-0.3, -0.25) is 9.69 Å². The van der Waals surface area contributed by atoms with Gasteiger partial charge in [-0.1, -0.05) is 25.0 Å². The molecule has 0 radical (unpaired) electrons. The van der Waals surface area contributed by atoms with Crippen molar-refractivity contribution >= 4 is 11.9 Å². The van der Waals surface area contributed by atoms with Crippen molar-refractivity contribution in [3.63, 3.8) is 0 Å². The summed E-state index contributed by atoms with van der Waals surface area (Å²) in [6, 6.07) is 7.58. The van der Waals surface area contributed by atoms with Gasteiger partial charge in [-0.15, -0.1) is 0 Å². The SMILES string of the molecule is CCCN(Cc1ccc(OC)cc1)C(C#CC(=O)OCC)CCC(=O)OCC. The van der Waals surface area contributed by atoms with E-state index in [1.807, 2.05) is 24.3 Å². The first kappa shape index (κ1) is 23.5. The molecule has 0 aromatic heterocycles. The van der Waals surface area contributed by atoms with Gasteiger partial charge in [0, 0.05) is 18.9 Å². The molecule has 1 unspecified atom stereocenters. The fraction of sp³-hybridized carbons (Fsp3) is 0.545. The lowest BCUT2D eigenvalue weighted by Crippen LogP contribution is -2.35. The van der Waals surface area contributed by atoms with E-state index in [1.54, 1.807) is 21.0 Å². The lowest BCUT2D eigenvalue weighted by Gasteiger charge is -2.28. The van der Waals surface area contributed by atoms with E-state index in [-0.39, 0.29) is 25.0 Å². The Morgan fingerprint density at radius 3 is 2.32 bits per heavy atom. The maximum atomic E-state index is 11.8. The Bertz CT molecular complexity index is 660. The Hall–Kier alpha value is -2.52. The Morgan fingerprint density at radius 2 is 1.75 bits per heavy atom. The number of nitrogens with zero attached hydrogens (tertiary/aromatic N) is 1. The molecule has 0 aliphatic heterocycles. The molecule has 28 heavy (non-hydrogen) atoms. The standard InChI is InChI=1S/C22H31NO5/c1-5-16-23(17-18-8-12-20(26-4)13-9-18)19(10-14-21(24)27-6-2)11-15-22(25)28-7-3/h8-9,12-13,19H,5-7,10,14,16-17H2,1-4H3. The number of carbonyl (C=O) groups excluding carboxylic acids is 2. The van der Waals surface area contributed by atoms with E-state index in [4.69, 9.17) is 14.2 Å². The summed E-state index contributed by atoms with van der Waals surface area (Å²) in [7, 11) is 1.63. The summed E-state index contributed by atoms with van der Waals surface area (Å²) in [5.41, 5.74) is 1.10. The van der Waals surface area contributed by atoms with Crippen molar-refractivity contribution in [1.82, 2.24) is 4.90 Å². The summed E-state index contributed by atoms with van der Waals surface area (Å²) in [6.45, 7) is 7.68. The van der Waals surface area contributed by atoms with Crippen molar-refractivity contribution in [1.29, 1.82) is 0 Å². The zero-order chi connectivity index (χ0) is 20.8. The molecule has 0 spiro atoms. The van der Waals surface area contributed by atoms with Gasteiger partial charge in [0.1, 0.15) is 5.75 Å². The predicted octanol–water partition coefficient (Wildman–Crippen LogP) is 3.19. The minimum absolute atomic E-state index is 0.249. The van der Waals surface area contributed by atoms with Crippen LogP contribution in [0.5, 0.6) is 5.75 Å². The summed E-state index contributed by atoms with van der Waals surface area (Å²) in [5.74, 6) is 5.54. The average molecular weight is 389 g/mol. The minimum Gasteiger partial charge on any atom is -0.497 e. The fourth-order valence-electron chi connectivity index (χ4n) is 2.74. The number of carbonyl (C=O) groups is 2. The molecule has 0 saturated heterocycles. The second-order valence-electron chi connectivity index (χ2n) is 6.17. The van der Waals surface area contributed by atoms with Crippen LogP contribution in [0.25, 0.3) is 0 Å². The van der Waals surface area contributed by atoms with E-state index in [9.17, 15) is 9.59 Å². The minimum atomic E-state index is -0.551. The zero-order valence-corrected chi connectivity index (χ0v) is 17.3. The molecule has 0 heterocycles. The van der Waals surface area contributed by atoms with E-state index in [1.165, 1.54) is 0 Å².